The van der Waals surface area contributed by atoms with Crippen molar-refractivity contribution in [3.8, 4) is 17.0 Å². The smallest absolute Gasteiger partial charge is 0.255 e. The average Bonchev–Trinajstić information content (AvgIpc) is 3.59. The summed E-state index contributed by atoms with van der Waals surface area (Å²) in [6.07, 6.45) is 9.39. The summed E-state index contributed by atoms with van der Waals surface area (Å²) >= 11 is 0. The second kappa shape index (κ2) is 18.0. The van der Waals surface area contributed by atoms with Crippen molar-refractivity contribution in [1.82, 2.24) is 30.1 Å². The minimum Gasteiger partial charge on any atom is -0.474 e. The molecule has 3 N–H and O–H groups in total. The number of ether oxygens (including phenoxy) is 1. The van der Waals surface area contributed by atoms with Crippen molar-refractivity contribution in [3.63, 3.8) is 0 Å². The fourth-order valence-corrected chi connectivity index (χ4v) is 8.81. The van der Waals surface area contributed by atoms with E-state index >= 15 is 0 Å². The van der Waals surface area contributed by atoms with E-state index in [0.717, 1.165) is 82.9 Å². The van der Waals surface area contributed by atoms with E-state index in [9.17, 15) is 14.4 Å². The first-order chi connectivity index (χ1) is 29.2. The van der Waals surface area contributed by atoms with Crippen LogP contribution in [-0.4, -0.2) is 93.9 Å². The van der Waals surface area contributed by atoms with E-state index in [1.807, 2.05) is 42.7 Å². The Morgan fingerprint density at radius 2 is 1.67 bits per heavy atom. The van der Waals surface area contributed by atoms with Crippen LogP contribution in [0.5, 0.6) is 5.88 Å². The molecule has 60 heavy (non-hydrogen) atoms. The Morgan fingerprint density at radius 3 is 2.42 bits per heavy atom. The van der Waals surface area contributed by atoms with Crippen molar-refractivity contribution in [2.24, 2.45) is 0 Å². The number of rotatable bonds is 10. The number of nitrogens with zero attached hydrogens (tertiary/aromatic N) is 6. The summed E-state index contributed by atoms with van der Waals surface area (Å²) in [5, 5.41) is 10.0. The van der Waals surface area contributed by atoms with E-state index in [-0.39, 0.29) is 24.1 Å². The Labute approximate surface area is 351 Å². The zero-order valence-corrected chi connectivity index (χ0v) is 35.1. The minimum atomic E-state index is -0.557. The molecule has 2 fully saturated rings. The molecule has 6 heterocycles. The van der Waals surface area contributed by atoms with Crippen molar-refractivity contribution < 1.29 is 19.1 Å². The predicted octanol–water partition coefficient (Wildman–Crippen LogP) is 7.39. The number of hydrogen-bond acceptors (Lipinski definition) is 11. The van der Waals surface area contributed by atoms with Crippen LogP contribution in [0.4, 0.5) is 23.0 Å². The van der Waals surface area contributed by atoms with E-state index < -0.39 is 6.04 Å². The highest BCUT2D eigenvalue weighted by Crippen LogP contribution is 2.36. The van der Waals surface area contributed by atoms with Gasteiger partial charge in [-0.2, -0.15) is 0 Å². The molecule has 2 saturated heterocycles. The van der Waals surface area contributed by atoms with E-state index in [0.29, 0.717) is 43.0 Å². The van der Waals surface area contributed by atoms with Gasteiger partial charge in [0.25, 0.3) is 5.91 Å². The standard InChI is InChI=1S/C24H34N4O3.C23H21N5O/c1-3-5-18(6-4-2)26-11-13-27(14-12-26)19-7-8-20-17(15-19)16-28(24(20)31)21-9-10-22(29)25-23(21)30;1-14-3-7-18(8-4-14)27-23-26-12-17-6-5-16(11-20(17)28-23)19-13-25-22-21(15(19)2)24-9-10-29-22/h7-8,15,18,21H,3-6,9-14,16H2,1-2H3,(H,25,29,30);3-8,11-13,24H,9-10H2,1-2H3,(H,26,27,28). The number of piperidine rings is 1. The van der Waals surface area contributed by atoms with Gasteiger partial charge in [-0.05, 0) is 86.2 Å². The Bertz CT molecular complexity index is 2370. The summed E-state index contributed by atoms with van der Waals surface area (Å²) < 4.78 is 5.64. The summed E-state index contributed by atoms with van der Waals surface area (Å²) in [4.78, 5) is 56.9. The number of fused-ring (bicyclic) bond motifs is 3. The summed E-state index contributed by atoms with van der Waals surface area (Å²) in [6.45, 7) is 14.7. The first-order valence-corrected chi connectivity index (χ1v) is 21.4. The molecule has 4 aliphatic rings. The molecule has 0 aliphatic carbocycles. The van der Waals surface area contributed by atoms with Gasteiger partial charge in [-0.25, -0.2) is 15.0 Å². The Hall–Kier alpha value is -6.08. The van der Waals surface area contributed by atoms with Crippen LogP contribution in [-0.2, 0) is 16.1 Å². The normalized spacial score (nSPS) is 17.7. The van der Waals surface area contributed by atoms with Crippen molar-refractivity contribution in [3.05, 3.63) is 95.3 Å². The summed E-state index contributed by atoms with van der Waals surface area (Å²) in [7, 11) is 0. The van der Waals surface area contributed by atoms with Crippen LogP contribution < -0.4 is 25.6 Å². The van der Waals surface area contributed by atoms with E-state index in [4.69, 9.17) is 9.72 Å². The summed E-state index contributed by atoms with van der Waals surface area (Å²) in [5.41, 5.74) is 10.1. The van der Waals surface area contributed by atoms with Crippen molar-refractivity contribution in [2.75, 3.05) is 54.9 Å². The molecular formula is C47H55N9O4. The van der Waals surface area contributed by atoms with Gasteiger partial charge in [0.1, 0.15) is 18.3 Å². The fraction of sp³-hybridized carbons (Fsp3) is 0.404. The highest BCUT2D eigenvalue weighted by Gasteiger charge is 2.39. The molecule has 3 aromatic carbocycles. The molecule has 4 aliphatic heterocycles. The largest absolute Gasteiger partial charge is 0.474 e. The monoisotopic (exact) mass is 809 g/mol. The molecule has 3 amide bonds. The van der Waals surface area contributed by atoms with E-state index in [1.165, 1.54) is 31.2 Å². The number of carbonyl (C=O) groups excluding carboxylic acids is 3. The lowest BCUT2D eigenvalue weighted by molar-refractivity contribution is -0.136. The molecule has 9 rings (SSSR count). The molecular weight excluding hydrogens is 755 g/mol. The number of piperazine rings is 1. The fourth-order valence-electron chi connectivity index (χ4n) is 8.81. The van der Waals surface area contributed by atoms with Gasteiger partial charge in [-0.3, -0.25) is 24.6 Å². The first-order valence-electron chi connectivity index (χ1n) is 21.4. The minimum absolute atomic E-state index is 0.108. The SMILES string of the molecule is CCCC(CCC)N1CCN(c2ccc3c(c2)CN(C2CCC(=O)NC2=O)C3=O)CC1.Cc1ccc(Nc2ncc3ccc(-c4cnc5c(c4C)NCCO5)cc3n2)cc1. The molecule has 13 nitrogen and oxygen atoms in total. The van der Waals surface area contributed by atoms with Crippen molar-refractivity contribution in [2.45, 2.75) is 84.8 Å². The molecule has 5 aromatic rings. The lowest BCUT2D eigenvalue weighted by Gasteiger charge is -2.40. The van der Waals surface area contributed by atoms with Gasteiger partial charge in [-0.15, -0.1) is 0 Å². The maximum atomic E-state index is 12.9. The van der Waals surface area contributed by atoms with Gasteiger partial charge in [0.15, 0.2) is 0 Å². The number of hydrogen-bond donors (Lipinski definition) is 3. The van der Waals surface area contributed by atoms with Crippen LogP contribution in [0, 0.1) is 13.8 Å². The Balaban J connectivity index is 0.000000167. The average molecular weight is 810 g/mol. The molecule has 0 saturated carbocycles. The third-order valence-corrected chi connectivity index (χ3v) is 12.1. The second-order valence-corrected chi connectivity index (χ2v) is 16.2. The topological polar surface area (TPSA) is 145 Å². The molecule has 0 spiro atoms. The Kier molecular flexibility index (Phi) is 12.2. The quantitative estimate of drug-likeness (QED) is 0.122. The van der Waals surface area contributed by atoms with Gasteiger partial charge >= 0.3 is 0 Å². The number of aromatic nitrogens is 3. The third kappa shape index (κ3) is 8.77. The number of benzene rings is 3. The van der Waals surface area contributed by atoms with Gasteiger partial charge in [0.2, 0.25) is 23.6 Å². The zero-order chi connectivity index (χ0) is 41.8. The maximum absolute atomic E-state index is 12.9. The first kappa shape index (κ1) is 40.7. The van der Waals surface area contributed by atoms with Crippen molar-refractivity contribution in [1.29, 1.82) is 0 Å². The number of amides is 3. The van der Waals surface area contributed by atoms with E-state index in [2.05, 4.69) is 93.7 Å². The molecule has 13 heteroatoms. The van der Waals surface area contributed by atoms with Crippen LogP contribution in [0.2, 0.25) is 0 Å². The Morgan fingerprint density at radius 1 is 0.883 bits per heavy atom. The number of pyridine rings is 1. The number of anilines is 4. The molecule has 0 radical (unpaired) electrons. The highest BCUT2D eigenvalue weighted by atomic mass is 16.5. The molecule has 0 bridgehead atoms. The lowest BCUT2D eigenvalue weighted by Crippen LogP contribution is -2.52. The van der Waals surface area contributed by atoms with Crippen LogP contribution >= 0.6 is 0 Å². The maximum Gasteiger partial charge on any atom is 0.255 e. The number of imide groups is 1. The van der Waals surface area contributed by atoms with Gasteiger partial charge in [0, 0.05) is 92.0 Å². The van der Waals surface area contributed by atoms with Crippen LogP contribution in [0.1, 0.15) is 79.4 Å². The molecule has 1 unspecified atom stereocenters. The van der Waals surface area contributed by atoms with Crippen molar-refractivity contribution >= 4 is 51.6 Å². The van der Waals surface area contributed by atoms with E-state index in [1.54, 1.807) is 4.90 Å². The number of aryl methyl sites for hydroxylation is 1. The highest BCUT2D eigenvalue weighted by molar-refractivity contribution is 6.05. The van der Waals surface area contributed by atoms with Gasteiger partial charge in [0.05, 0.1) is 5.52 Å². The molecule has 312 valence electrons. The van der Waals surface area contributed by atoms with Gasteiger partial charge in [-0.1, -0.05) is 56.5 Å². The number of carbonyl (C=O) groups is 3. The lowest BCUT2D eigenvalue weighted by atomic mass is 10.00. The number of nitrogens with one attached hydrogen (secondary N) is 3. The predicted molar refractivity (Wildman–Crippen MR) is 236 cm³/mol. The zero-order valence-electron chi connectivity index (χ0n) is 35.1. The van der Waals surface area contributed by atoms with Crippen LogP contribution in [0.3, 0.4) is 0 Å². The molecule has 2 aromatic heterocycles. The third-order valence-electron chi connectivity index (χ3n) is 12.1. The second-order valence-electron chi connectivity index (χ2n) is 16.2. The molecule has 1 atom stereocenters. The summed E-state index contributed by atoms with van der Waals surface area (Å²) in [6, 6.07) is 20.6. The van der Waals surface area contributed by atoms with Crippen LogP contribution in [0.15, 0.2) is 73.1 Å². The van der Waals surface area contributed by atoms with Gasteiger partial charge < -0.3 is 25.2 Å². The van der Waals surface area contributed by atoms with Crippen LogP contribution in [0.25, 0.3) is 22.0 Å². The summed E-state index contributed by atoms with van der Waals surface area (Å²) in [5.74, 6) is 0.524.